The van der Waals surface area contributed by atoms with E-state index in [1.165, 1.54) is 116 Å². The summed E-state index contributed by atoms with van der Waals surface area (Å²) in [6, 6.07) is 22.2. The Labute approximate surface area is 437 Å². The third kappa shape index (κ3) is 12.1. The summed E-state index contributed by atoms with van der Waals surface area (Å²) < 4.78 is 128. The molecule has 2 amide bonds. The van der Waals surface area contributed by atoms with Crippen LogP contribution in [0.15, 0.2) is 124 Å². The van der Waals surface area contributed by atoms with E-state index >= 15 is 0 Å². The highest BCUT2D eigenvalue weighted by Gasteiger charge is 2.51. The van der Waals surface area contributed by atoms with Crippen molar-refractivity contribution in [2.75, 3.05) is 67.2 Å². The van der Waals surface area contributed by atoms with Crippen LogP contribution in [0.5, 0.6) is 23.0 Å². The van der Waals surface area contributed by atoms with Crippen molar-refractivity contribution >= 4 is 52.2 Å². The van der Waals surface area contributed by atoms with Crippen LogP contribution in [-0.2, 0) is 20.7 Å². The van der Waals surface area contributed by atoms with E-state index in [2.05, 4.69) is 35.9 Å². The van der Waals surface area contributed by atoms with Crippen molar-refractivity contribution in [2.45, 2.75) is 11.1 Å². The molecule has 2 aliphatic heterocycles. The molecule has 26 heteroatoms. The molecule has 2 aliphatic rings. The Morgan fingerprint density at radius 2 is 0.961 bits per heavy atom. The Balaban J connectivity index is 0.000000211. The minimum absolute atomic E-state index is 0.0237. The minimum Gasteiger partial charge on any atom is -0.487 e. The number of halogens is 9. The smallest absolute Gasteiger partial charge is 0.487 e. The SMILES string of the molecule is CN1C(=O)C(c2ccc(F)c(Br)c2)(c2ccc(OCCF)c(OCCF)c2)N=C1N.CN1C(=O)C(c2ccc(OCCF)c(OCCF)c2)(c2ccc(F)c(-c3cccnc3F)c2)N=C1N.OB(O)c1cccnc1F. The summed E-state index contributed by atoms with van der Waals surface area (Å²) >= 11 is 3.13. The number of nitrogens with zero attached hydrogens (tertiary/aromatic N) is 6. The first-order valence-electron chi connectivity index (χ1n) is 22.5. The lowest BCUT2D eigenvalue weighted by atomic mass is 9.81. The summed E-state index contributed by atoms with van der Waals surface area (Å²) in [4.78, 5) is 44.8. The fourth-order valence-electron chi connectivity index (χ4n) is 7.75. The van der Waals surface area contributed by atoms with Gasteiger partial charge in [-0.3, -0.25) is 19.4 Å². The van der Waals surface area contributed by atoms with Crippen LogP contribution in [-0.4, -0.2) is 128 Å². The van der Waals surface area contributed by atoms with Crippen molar-refractivity contribution in [1.82, 2.24) is 19.8 Å². The highest BCUT2D eigenvalue weighted by molar-refractivity contribution is 9.10. The van der Waals surface area contributed by atoms with Gasteiger partial charge in [-0.15, -0.1) is 0 Å². The summed E-state index contributed by atoms with van der Waals surface area (Å²) in [5, 5.41) is 17.0. The molecule has 76 heavy (non-hydrogen) atoms. The first kappa shape index (κ1) is 57.4. The van der Waals surface area contributed by atoms with Gasteiger partial charge in [0, 0.05) is 43.1 Å². The van der Waals surface area contributed by atoms with Crippen LogP contribution in [0.2, 0.25) is 0 Å². The average molecular weight is 1130 g/mol. The summed E-state index contributed by atoms with van der Waals surface area (Å²) in [6.07, 6.45) is 2.47. The van der Waals surface area contributed by atoms with E-state index in [4.69, 9.17) is 40.5 Å². The van der Waals surface area contributed by atoms with Crippen LogP contribution in [0, 0.1) is 23.5 Å². The maximum atomic E-state index is 14.8. The number of guanidine groups is 2. The molecule has 0 saturated carbocycles. The molecule has 0 bridgehead atoms. The lowest BCUT2D eigenvalue weighted by Crippen LogP contribution is -2.41. The van der Waals surface area contributed by atoms with Crippen molar-refractivity contribution in [3.8, 4) is 34.1 Å². The van der Waals surface area contributed by atoms with E-state index in [1.54, 1.807) is 6.07 Å². The largest absolute Gasteiger partial charge is 0.493 e. The number of hydrogen-bond donors (Lipinski definition) is 4. The van der Waals surface area contributed by atoms with Gasteiger partial charge in [0.25, 0.3) is 11.8 Å². The Hall–Kier alpha value is -7.84. The molecule has 8 rings (SSSR count). The maximum Gasteiger partial charge on any atom is 0.493 e. The van der Waals surface area contributed by atoms with Gasteiger partial charge in [-0.25, -0.2) is 46.3 Å². The molecule has 6 aromatic rings. The van der Waals surface area contributed by atoms with Crippen molar-refractivity contribution in [3.63, 3.8) is 0 Å². The fourth-order valence-corrected chi connectivity index (χ4v) is 8.13. The van der Waals surface area contributed by atoms with Crippen LogP contribution in [0.4, 0.5) is 35.1 Å². The summed E-state index contributed by atoms with van der Waals surface area (Å²) in [6.45, 7) is -4.09. The summed E-state index contributed by atoms with van der Waals surface area (Å²) in [5.41, 5.74) is 9.21. The molecule has 16 nitrogen and oxygen atoms in total. The van der Waals surface area contributed by atoms with Crippen molar-refractivity contribution in [2.24, 2.45) is 21.5 Å². The number of carbonyl (C=O) groups excluding carboxylic acids is 2. The van der Waals surface area contributed by atoms with Crippen molar-refractivity contribution in [1.29, 1.82) is 0 Å². The summed E-state index contributed by atoms with van der Waals surface area (Å²) in [5.74, 6) is -3.66. The second kappa shape index (κ2) is 25.6. The molecule has 2 unspecified atom stereocenters. The van der Waals surface area contributed by atoms with Gasteiger partial charge in [0.05, 0.1) is 4.47 Å². The van der Waals surface area contributed by atoms with Gasteiger partial charge in [0.2, 0.25) is 11.9 Å². The Bertz CT molecular complexity index is 3120. The van der Waals surface area contributed by atoms with E-state index in [9.17, 15) is 44.7 Å². The lowest BCUT2D eigenvalue weighted by Gasteiger charge is -2.27. The van der Waals surface area contributed by atoms with Gasteiger partial charge in [-0.05, 0) is 105 Å². The van der Waals surface area contributed by atoms with Gasteiger partial charge < -0.3 is 40.5 Å². The van der Waals surface area contributed by atoms with Gasteiger partial charge in [0.1, 0.15) is 64.8 Å². The van der Waals surface area contributed by atoms with Crippen molar-refractivity contribution < 1.29 is 73.7 Å². The van der Waals surface area contributed by atoms with Crippen LogP contribution < -0.4 is 35.9 Å². The second-order valence-electron chi connectivity index (χ2n) is 16.0. The number of carbonyl (C=O) groups is 2. The predicted octanol–water partition coefficient (Wildman–Crippen LogP) is 5.97. The molecule has 0 fully saturated rings. The molecule has 2 atom stereocenters. The van der Waals surface area contributed by atoms with Crippen molar-refractivity contribution in [3.05, 3.63) is 160 Å². The molecular weight excluding hydrogens is 1080 g/mol. The number of hydrogen-bond acceptors (Lipinski definition) is 14. The second-order valence-corrected chi connectivity index (χ2v) is 16.8. The fraction of sp³-hybridized carbons (Fsp3) is 0.240. The van der Waals surface area contributed by atoms with Crippen LogP contribution in [0.25, 0.3) is 11.1 Å². The molecule has 0 aliphatic carbocycles. The average Bonchev–Trinajstić information content (AvgIpc) is 3.86. The normalized spacial score (nSPS) is 16.8. The van der Waals surface area contributed by atoms with E-state index < -0.39 is 80.2 Å². The lowest BCUT2D eigenvalue weighted by molar-refractivity contribution is -0.130. The topological polar surface area (TPSA) is 221 Å². The van der Waals surface area contributed by atoms with E-state index in [1.807, 2.05) is 0 Å². The molecule has 4 heterocycles. The van der Waals surface area contributed by atoms with Gasteiger partial charge in [-0.2, -0.15) is 8.78 Å². The summed E-state index contributed by atoms with van der Waals surface area (Å²) in [7, 11) is 1.11. The molecule has 0 radical (unpaired) electrons. The molecule has 4 aromatic carbocycles. The van der Waals surface area contributed by atoms with Crippen LogP contribution >= 0.6 is 15.9 Å². The van der Waals surface area contributed by atoms with Gasteiger partial charge in [-0.1, -0.05) is 30.3 Å². The van der Waals surface area contributed by atoms with E-state index in [0.29, 0.717) is 11.1 Å². The number of benzene rings is 4. The number of pyridine rings is 2. The number of aliphatic imine (C=N–C) groups is 2. The predicted molar refractivity (Wildman–Crippen MR) is 267 cm³/mol. The zero-order valence-corrected chi connectivity index (χ0v) is 41.8. The molecule has 0 saturated heterocycles. The number of nitrogens with two attached hydrogens (primary N) is 2. The molecule has 400 valence electrons. The number of alkyl halides is 4. The first-order valence-corrected chi connectivity index (χ1v) is 23.3. The molecule has 2 aromatic heterocycles. The third-order valence-corrected chi connectivity index (χ3v) is 12.0. The standard InChI is InChI=1S/C25H22F4N4O3.C20H19BrF3N3O3.C5H5BFNO2/c1-33-23(34)25(32-24(33)30,16-5-7-20(35-11-8-26)21(14-16)36-12-9-27)15-4-6-19(28)18(13-15)17-3-2-10-31-22(17)29;1-27-18(28)20(26-19(27)25,12-2-4-15(24)14(21)10-12)13-3-5-16(29-8-6-22)17(11-13)30-9-7-23;7-5-4(6(9)10)2-1-3-8-5/h2-7,10,13-14H,8-9,11-12H2,1H3,(H2,30,32);2-5,10-11H,6-9H2,1H3,(H2,25,26);1-3,9-10H. The molecule has 6 N–H and O–H groups in total. The van der Waals surface area contributed by atoms with E-state index in [0.717, 1.165) is 11.0 Å². The van der Waals surface area contributed by atoms with Gasteiger partial charge in [0.15, 0.2) is 46.0 Å². The highest BCUT2D eigenvalue weighted by Crippen LogP contribution is 2.45. The monoisotopic (exact) mass is 1130 g/mol. The number of amides is 2. The maximum absolute atomic E-state index is 14.8. The number of likely N-dealkylation sites (N-methyl/N-ethyl adjacent to an activating group) is 2. The Kier molecular flexibility index (Phi) is 19.4. The Morgan fingerprint density at radius 1 is 0.553 bits per heavy atom. The highest BCUT2D eigenvalue weighted by atomic mass is 79.9. The van der Waals surface area contributed by atoms with Crippen LogP contribution in [0.3, 0.4) is 0 Å². The van der Waals surface area contributed by atoms with Crippen LogP contribution in [0.1, 0.15) is 22.3 Å². The quantitative estimate of drug-likeness (QED) is 0.0445. The Morgan fingerprint density at radius 3 is 1.36 bits per heavy atom. The number of ether oxygens (including phenoxy) is 4. The number of rotatable bonds is 18. The third-order valence-electron chi connectivity index (χ3n) is 11.4. The minimum atomic E-state index is -1.80. The molecule has 0 spiro atoms. The number of aromatic nitrogens is 2. The molecular formula is C50H46BBrF8N8O8. The van der Waals surface area contributed by atoms with E-state index in [-0.39, 0.29) is 93.5 Å². The zero-order chi connectivity index (χ0) is 55.3. The first-order chi connectivity index (χ1) is 36.4. The van der Waals surface area contributed by atoms with Gasteiger partial charge >= 0.3 is 7.12 Å². The zero-order valence-electron chi connectivity index (χ0n) is 40.2.